The summed E-state index contributed by atoms with van der Waals surface area (Å²) in [6, 6.07) is 0. The number of carbonyl (C=O) groups is 1. The van der Waals surface area contributed by atoms with Gasteiger partial charge in [0.1, 0.15) is 11.7 Å². The van der Waals surface area contributed by atoms with Crippen molar-refractivity contribution in [3.8, 4) is 0 Å². The highest BCUT2D eigenvalue weighted by molar-refractivity contribution is 5.70. The second-order valence-electron chi connectivity index (χ2n) is 4.11. The standard InChI is InChI=1S/C9H18O5/c1-9(2,3)14-8(13)4-6(11)7(12)5-10/h6-7,10-12H,4-5H2,1-3H3/t6-,7+/m1/s1. The third-order valence-electron chi connectivity index (χ3n) is 1.43. The summed E-state index contributed by atoms with van der Waals surface area (Å²) in [5, 5.41) is 26.6. The first-order valence-electron chi connectivity index (χ1n) is 4.45. The molecule has 0 aliphatic rings. The van der Waals surface area contributed by atoms with E-state index in [9.17, 15) is 9.90 Å². The third kappa shape index (κ3) is 5.90. The quantitative estimate of drug-likeness (QED) is 0.536. The van der Waals surface area contributed by atoms with E-state index in [0.717, 1.165) is 0 Å². The molecule has 0 aromatic heterocycles. The average molecular weight is 206 g/mol. The summed E-state index contributed by atoms with van der Waals surface area (Å²) in [5.41, 5.74) is -0.610. The minimum Gasteiger partial charge on any atom is -0.460 e. The Bertz CT molecular complexity index is 184. The SMILES string of the molecule is CC(C)(C)OC(=O)C[C@@H](O)[C@@H](O)CO. The van der Waals surface area contributed by atoms with Crippen LogP contribution in [-0.2, 0) is 9.53 Å². The van der Waals surface area contributed by atoms with E-state index >= 15 is 0 Å². The van der Waals surface area contributed by atoms with Gasteiger partial charge in [0.05, 0.1) is 19.1 Å². The summed E-state index contributed by atoms with van der Waals surface area (Å²) in [6.45, 7) is 4.54. The van der Waals surface area contributed by atoms with Gasteiger partial charge < -0.3 is 20.1 Å². The van der Waals surface area contributed by atoms with E-state index in [1.165, 1.54) is 0 Å². The number of hydrogen-bond acceptors (Lipinski definition) is 5. The van der Waals surface area contributed by atoms with E-state index in [0.29, 0.717) is 0 Å². The van der Waals surface area contributed by atoms with E-state index in [1.54, 1.807) is 20.8 Å². The molecule has 0 aromatic carbocycles. The van der Waals surface area contributed by atoms with Crippen molar-refractivity contribution in [3.05, 3.63) is 0 Å². The molecule has 84 valence electrons. The van der Waals surface area contributed by atoms with Crippen molar-refractivity contribution >= 4 is 5.97 Å². The lowest BCUT2D eigenvalue weighted by Gasteiger charge is -2.21. The molecule has 0 saturated carbocycles. The van der Waals surface area contributed by atoms with E-state index < -0.39 is 30.4 Å². The maximum absolute atomic E-state index is 11.1. The van der Waals surface area contributed by atoms with Crippen LogP contribution in [0, 0.1) is 0 Å². The van der Waals surface area contributed by atoms with Gasteiger partial charge in [-0.2, -0.15) is 0 Å². The molecule has 0 saturated heterocycles. The first-order chi connectivity index (χ1) is 6.26. The summed E-state index contributed by atoms with van der Waals surface area (Å²) >= 11 is 0. The maximum atomic E-state index is 11.1. The number of carbonyl (C=O) groups excluding carboxylic acids is 1. The molecule has 0 aliphatic carbocycles. The molecule has 5 heteroatoms. The van der Waals surface area contributed by atoms with E-state index in [4.69, 9.17) is 14.9 Å². The Morgan fingerprint density at radius 3 is 2.14 bits per heavy atom. The molecule has 0 spiro atoms. The number of hydrogen-bond donors (Lipinski definition) is 3. The van der Waals surface area contributed by atoms with Crippen LogP contribution in [0.25, 0.3) is 0 Å². The van der Waals surface area contributed by atoms with Crippen molar-refractivity contribution in [1.82, 2.24) is 0 Å². The predicted molar refractivity (Wildman–Crippen MR) is 49.6 cm³/mol. The fourth-order valence-electron chi connectivity index (χ4n) is 0.812. The molecular weight excluding hydrogens is 188 g/mol. The lowest BCUT2D eigenvalue weighted by atomic mass is 10.1. The lowest BCUT2D eigenvalue weighted by molar-refractivity contribution is -0.159. The minimum absolute atomic E-state index is 0.320. The fourth-order valence-corrected chi connectivity index (χ4v) is 0.812. The highest BCUT2D eigenvalue weighted by Crippen LogP contribution is 2.10. The van der Waals surface area contributed by atoms with Crippen LogP contribution >= 0.6 is 0 Å². The molecule has 2 atom stereocenters. The van der Waals surface area contributed by atoms with Gasteiger partial charge >= 0.3 is 5.97 Å². The van der Waals surface area contributed by atoms with Crippen molar-refractivity contribution in [1.29, 1.82) is 0 Å². The second kappa shape index (κ2) is 5.29. The van der Waals surface area contributed by atoms with Gasteiger partial charge in [0.15, 0.2) is 0 Å². The van der Waals surface area contributed by atoms with Crippen LogP contribution in [0.15, 0.2) is 0 Å². The Labute approximate surface area is 83.3 Å². The van der Waals surface area contributed by atoms with Gasteiger partial charge in [-0.05, 0) is 20.8 Å². The summed E-state index contributed by atoms with van der Waals surface area (Å²) in [7, 11) is 0. The predicted octanol–water partition coefficient (Wildman–Crippen LogP) is -0.568. The van der Waals surface area contributed by atoms with Crippen LogP contribution in [0.3, 0.4) is 0 Å². The van der Waals surface area contributed by atoms with Crippen molar-refractivity contribution < 1.29 is 24.9 Å². The average Bonchev–Trinajstić information content (AvgIpc) is 1.99. The van der Waals surface area contributed by atoms with Crippen molar-refractivity contribution in [2.45, 2.75) is 45.0 Å². The van der Waals surface area contributed by atoms with Crippen LogP contribution in [0.4, 0.5) is 0 Å². The number of rotatable bonds is 4. The Hall–Kier alpha value is -0.650. The Kier molecular flexibility index (Phi) is 5.04. The van der Waals surface area contributed by atoms with Crippen LogP contribution in [-0.4, -0.2) is 45.7 Å². The molecule has 0 fully saturated rings. The molecule has 0 aliphatic heterocycles. The normalized spacial score (nSPS) is 16.1. The summed E-state index contributed by atoms with van der Waals surface area (Å²) in [6.07, 6.45) is -2.91. The topological polar surface area (TPSA) is 87.0 Å². The first kappa shape index (κ1) is 13.4. The second-order valence-corrected chi connectivity index (χ2v) is 4.11. The largest absolute Gasteiger partial charge is 0.460 e. The number of ether oxygens (including phenoxy) is 1. The smallest absolute Gasteiger partial charge is 0.309 e. The van der Waals surface area contributed by atoms with Gasteiger partial charge in [0, 0.05) is 0 Å². The zero-order valence-electron chi connectivity index (χ0n) is 8.73. The highest BCUT2D eigenvalue weighted by atomic mass is 16.6. The number of aliphatic hydroxyl groups excluding tert-OH is 3. The summed E-state index contributed by atoms with van der Waals surface area (Å²) in [4.78, 5) is 11.1. The molecule has 5 nitrogen and oxygen atoms in total. The van der Waals surface area contributed by atoms with Crippen molar-refractivity contribution in [2.24, 2.45) is 0 Å². The van der Waals surface area contributed by atoms with Crippen LogP contribution in [0.2, 0.25) is 0 Å². The first-order valence-corrected chi connectivity index (χ1v) is 4.45. The van der Waals surface area contributed by atoms with Gasteiger partial charge in [0.25, 0.3) is 0 Å². The van der Waals surface area contributed by atoms with Crippen LogP contribution in [0.5, 0.6) is 0 Å². The molecule has 0 radical (unpaired) electrons. The molecule has 0 aromatic rings. The zero-order valence-corrected chi connectivity index (χ0v) is 8.73. The molecule has 0 heterocycles. The third-order valence-corrected chi connectivity index (χ3v) is 1.43. The molecule has 3 N–H and O–H groups in total. The van der Waals surface area contributed by atoms with Gasteiger partial charge in [-0.1, -0.05) is 0 Å². The van der Waals surface area contributed by atoms with Gasteiger partial charge in [-0.3, -0.25) is 4.79 Å². The number of aliphatic hydroxyl groups is 3. The summed E-state index contributed by atoms with van der Waals surface area (Å²) < 4.78 is 4.91. The van der Waals surface area contributed by atoms with E-state index in [2.05, 4.69) is 0 Å². The molecule has 0 unspecified atom stereocenters. The summed E-state index contributed by atoms with van der Waals surface area (Å²) in [5.74, 6) is -0.600. The van der Waals surface area contributed by atoms with E-state index in [1.807, 2.05) is 0 Å². The monoisotopic (exact) mass is 206 g/mol. The maximum Gasteiger partial charge on any atom is 0.309 e. The molecular formula is C9H18O5. The van der Waals surface area contributed by atoms with Gasteiger partial charge in [-0.25, -0.2) is 0 Å². The fraction of sp³-hybridized carbons (Fsp3) is 0.889. The lowest BCUT2D eigenvalue weighted by Crippen LogP contribution is -2.34. The molecule has 0 rings (SSSR count). The van der Waals surface area contributed by atoms with E-state index in [-0.39, 0.29) is 6.42 Å². The Morgan fingerprint density at radius 2 is 1.79 bits per heavy atom. The van der Waals surface area contributed by atoms with Crippen LogP contribution < -0.4 is 0 Å². The van der Waals surface area contributed by atoms with Crippen molar-refractivity contribution in [2.75, 3.05) is 6.61 Å². The zero-order chi connectivity index (χ0) is 11.4. The highest BCUT2D eigenvalue weighted by Gasteiger charge is 2.23. The van der Waals surface area contributed by atoms with Crippen molar-refractivity contribution in [3.63, 3.8) is 0 Å². The Balaban J connectivity index is 3.95. The molecule has 14 heavy (non-hydrogen) atoms. The minimum atomic E-state index is -1.30. The Morgan fingerprint density at radius 1 is 1.29 bits per heavy atom. The molecule has 0 bridgehead atoms. The van der Waals surface area contributed by atoms with Crippen LogP contribution in [0.1, 0.15) is 27.2 Å². The number of esters is 1. The molecule has 0 amide bonds. The van der Waals surface area contributed by atoms with Gasteiger partial charge in [-0.15, -0.1) is 0 Å². The van der Waals surface area contributed by atoms with Gasteiger partial charge in [0.2, 0.25) is 0 Å².